The van der Waals surface area contributed by atoms with Gasteiger partial charge in [0.1, 0.15) is 16.1 Å². The molecule has 0 atom stereocenters. The van der Waals surface area contributed by atoms with Gasteiger partial charge < -0.3 is 0 Å². The van der Waals surface area contributed by atoms with E-state index in [1.54, 1.807) is 6.92 Å². The first-order chi connectivity index (χ1) is 4.61. The summed E-state index contributed by atoms with van der Waals surface area (Å²) in [5, 5.41) is 0.585. The number of halogens is 2. The zero-order valence-electron chi connectivity index (χ0n) is 5.10. The van der Waals surface area contributed by atoms with Crippen molar-refractivity contribution in [2.45, 2.75) is 11.8 Å². The summed E-state index contributed by atoms with van der Waals surface area (Å²) in [6, 6.07) is 0. The average Bonchev–Trinajstić information content (AvgIpc) is 1.82. The fraction of sp³-hybridized carbons (Fsp3) is 0.200. The first-order valence-corrected chi connectivity index (χ1v) is 3.70. The number of aryl methyl sites for hydroxylation is 1. The van der Waals surface area contributed by atoms with Crippen molar-refractivity contribution in [3.63, 3.8) is 0 Å². The lowest BCUT2D eigenvalue weighted by Crippen LogP contribution is -1.89. The molecule has 54 valence electrons. The molecule has 0 N–H and O–H groups in total. The SMILES string of the molecule is Cc1nc(Cl)c(S)c(Cl)n1. The van der Waals surface area contributed by atoms with Gasteiger partial charge in [0.15, 0.2) is 0 Å². The van der Waals surface area contributed by atoms with Crippen molar-refractivity contribution in [1.82, 2.24) is 9.97 Å². The second-order valence-electron chi connectivity index (χ2n) is 1.70. The van der Waals surface area contributed by atoms with Gasteiger partial charge in [0.2, 0.25) is 0 Å². The summed E-state index contributed by atoms with van der Waals surface area (Å²) >= 11 is 15.2. The van der Waals surface area contributed by atoms with Crippen molar-refractivity contribution in [3.05, 3.63) is 16.1 Å². The van der Waals surface area contributed by atoms with Gasteiger partial charge in [-0.2, -0.15) is 0 Å². The van der Waals surface area contributed by atoms with Gasteiger partial charge >= 0.3 is 0 Å². The molecule has 0 aliphatic heterocycles. The van der Waals surface area contributed by atoms with Gasteiger partial charge in [0.05, 0.1) is 4.90 Å². The molecular formula is C5H4Cl2N2S. The molecule has 10 heavy (non-hydrogen) atoms. The van der Waals surface area contributed by atoms with Crippen LogP contribution in [0.3, 0.4) is 0 Å². The van der Waals surface area contributed by atoms with Crippen molar-refractivity contribution < 1.29 is 0 Å². The standard InChI is InChI=1S/C5H4Cl2N2S/c1-2-8-4(6)3(10)5(7)9-2/h10H,1H3. The molecule has 1 aromatic rings. The molecule has 0 amide bonds. The lowest BCUT2D eigenvalue weighted by atomic mass is 10.6. The highest BCUT2D eigenvalue weighted by molar-refractivity contribution is 7.80. The van der Waals surface area contributed by atoms with Gasteiger partial charge in [0, 0.05) is 0 Å². The number of hydrogen-bond acceptors (Lipinski definition) is 3. The molecule has 1 aromatic heterocycles. The number of aromatic nitrogens is 2. The van der Waals surface area contributed by atoms with E-state index in [1.165, 1.54) is 0 Å². The van der Waals surface area contributed by atoms with Gasteiger partial charge in [-0.1, -0.05) is 23.2 Å². The Bertz CT molecular complexity index is 241. The van der Waals surface area contributed by atoms with E-state index in [1.807, 2.05) is 0 Å². The molecule has 0 aliphatic carbocycles. The maximum absolute atomic E-state index is 5.61. The first-order valence-electron chi connectivity index (χ1n) is 2.50. The highest BCUT2D eigenvalue weighted by Crippen LogP contribution is 2.23. The average molecular weight is 195 g/mol. The van der Waals surface area contributed by atoms with Gasteiger partial charge in [0.25, 0.3) is 0 Å². The number of thiol groups is 1. The van der Waals surface area contributed by atoms with E-state index in [2.05, 4.69) is 22.6 Å². The van der Waals surface area contributed by atoms with Gasteiger partial charge in [-0.15, -0.1) is 12.6 Å². The fourth-order valence-corrected chi connectivity index (χ4v) is 1.07. The summed E-state index contributed by atoms with van der Waals surface area (Å²) in [6.45, 7) is 1.71. The zero-order chi connectivity index (χ0) is 7.72. The van der Waals surface area contributed by atoms with E-state index in [-0.39, 0.29) is 0 Å². The molecule has 0 fully saturated rings. The molecule has 2 nitrogen and oxygen atoms in total. The maximum Gasteiger partial charge on any atom is 0.147 e. The minimum atomic E-state index is 0.292. The van der Waals surface area contributed by atoms with Crippen molar-refractivity contribution in [2.75, 3.05) is 0 Å². The molecule has 0 aromatic carbocycles. The van der Waals surface area contributed by atoms with Crippen LogP contribution < -0.4 is 0 Å². The summed E-state index contributed by atoms with van der Waals surface area (Å²) in [5.74, 6) is 0.549. The molecule has 1 heterocycles. The predicted molar refractivity (Wildman–Crippen MR) is 44.0 cm³/mol. The fourth-order valence-electron chi connectivity index (χ4n) is 0.500. The van der Waals surface area contributed by atoms with Crippen molar-refractivity contribution >= 4 is 35.8 Å². The minimum Gasteiger partial charge on any atom is -0.220 e. The maximum atomic E-state index is 5.61. The van der Waals surface area contributed by atoms with Crippen LogP contribution in [0.1, 0.15) is 5.82 Å². The van der Waals surface area contributed by atoms with Crippen LogP contribution in [0.2, 0.25) is 10.3 Å². The van der Waals surface area contributed by atoms with E-state index in [0.717, 1.165) is 0 Å². The third kappa shape index (κ3) is 1.54. The molecule has 0 spiro atoms. The third-order valence-corrected chi connectivity index (χ3v) is 2.14. The number of nitrogens with zero attached hydrogens (tertiary/aromatic N) is 2. The van der Waals surface area contributed by atoms with Gasteiger partial charge in [-0.25, -0.2) is 9.97 Å². The largest absolute Gasteiger partial charge is 0.220 e. The van der Waals surface area contributed by atoms with E-state index in [9.17, 15) is 0 Å². The van der Waals surface area contributed by atoms with Crippen LogP contribution >= 0.6 is 35.8 Å². The smallest absolute Gasteiger partial charge is 0.147 e. The van der Waals surface area contributed by atoms with E-state index >= 15 is 0 Å². The summed E-state index contributed by atoms with van der Waals surface area (Å²) in [4.78, 5) is 8.08. The van der Waals surface area contributed by atoms with Crippen LogP contribution in [0.15, 0.2) is 4.90 Å². The Hall–Kier alpha value is 0.01000. The second kappa shape index (κ2) is 2.95. The summed E-state index contributed by atoms with van der Waals surface area (Å²) < 4.78 is 0. The van der Waals surface area contributed by atoms with Crippen molar-refractivity contribution in [2.24, 2.45) is 0 Å². The minimum absolute atomic E-state index is 0.292. The lowest BCUT2D eigenvalue weighted by Gasteiger charge is -1.98. The van der Waals surface area contributed by atoms with Gasteiger partial charge in [-0.05, 0) is 6.92 Å². The second-order valence-corrected chi connectivity index (χ2v) is 2.86. The molecule has 0 aliphatic rings. The summed E-state index contributed by atoms with van der Waals surface area (Å²) in [7, 11) is 0. The topological polar surface area (TPSA) is 25.8 Å². The molecule has 0 radical (unpaired) electrons. The van der Waals surface area contributed by atoms with E-state index in [0.29, 0.717) is 21.0 Å². The van der Waals surface area contributed by atoms with Crippen LogP contribution in [0.5, 0.6) is 0 Å². The van der Waals surface area contributed by atoms with Crippen LogP contribution in [-0.4, -0.2) is 9.97 Å². The Labute approximate surface area is 74.0 Å². The van der Waals surface area contributed by atoms with E-state index in [4.69, 9.17) is 23.2 Å². The molecule has 0 saturated carbocycles. The first kappa shape index (κ1) is 8.11. The quantitative estimate of drug-likeness (QED) is 0.508. The number of hydrogen-bond donors (Lipinski definition) is 1. The molecular weight excluding hydrogens is 191 g/mol. The van der Waals surface area contributed by atoms with Crippen molar-refractivity contribution in [1.29, 1.82) is 0 Å². The van der Waals surface area contributed by atoms with Crippen molar-refractivity contribution in [3.8, 4) is 0 Å². The Kier molecular flexibility index (Phi) is 2.39. The van der Waals surface area contributed by atoms with Gasteiger partial charge in [-0.3, -0.25) is 0 Å². The summed E-state index contributed by atoms with van der Waals surface area (Å²) in [6.07, 6.45) is 0. The predicted octanol–water partition coefficient (Wildman–Crippen LogP) is 2.38. The monoisotopic (exact) mass is 194 g/mol. The Morgan fingerprint density at radius 2 is 1.60 bits per heavy atom. The highest BCUT2D eigenvalue weighted by atomic mass is 35.5. The van der Waals surface area contributed by atoms with Crippen LogP contribution in [0.4, 0.5) is 0 Å². The van der Waals surface area contributed by atoms with Crippen LogP contribution in [-0.2, 0) is 0 Å². The van der Waals surface area contributed by atoms with E-state index < -0.39 is 0 Å². The van der Waals surface area contributed by atoms with Crippen LogP contribution in [0, 0.1) is 6.92 Å². The highest BCUT2D eigenvalue weighted by Gasteiger charge is 2.04. The lowest BCUT2D eigenvalue weighted by molar-refractivity contribution is 1.01. The summed E-state index contributed by atoms with van der Waals surface area (Å²) in [5.41, 5.74) is 0. The molecule has 1 rings (SSSR count). The Morgan fingerprint density at radius 1 is 1.20 bits per heavy atom. The Balaban J connectivity index is 3.31. The molecule has 0 saturated heterocycles. The molecule has 0 bridgehead atoms. The molecule has 5 heteroatoms. The zero-order valence-corrected chi connectivity index (χ0v) is 7.50. The third-order valence-electron chi connectivity index (χ3n) is 0.911. The normalized spacial score (nSPS) is 10.0. The number of rotatable bonds is 0. The van der Waals surface area contributed by atoms with Crippen LogP contribution in [0.25, 0.3) is 0 Å². The Morgan fingerprint density at radius 3 is 2.00 bits per heavy atom. The molecule has 0 unspecified atom stereocenters.